The normalized spacial score (nSPS) is 11.0. The Hall–Kier alpha value is -3.15. The molecule has 0 aliphatic rings. The van der Waals surface area contributed by atoms with Gasteiger partial charge < -0.3 is 0 Å². The lowest BCUT2D eigenvalue weighted by Gasteiger charge is -2.07. The Morgan fingerprint density at radius 3 is 2.00 bits per heavy atom. The van der Waals surface area contributed by atoms with E-state index in [0.717, 1.165) is 0 Å². The van der Waals surface area contributed by atoms with Gasteiger partial charge in [-0.05, 0) is 18.2 Å². The summed E-state index contributed by atoms with van der Waals surface area (Å²) in [4.78, 5) is 29.8. The molecule has 0 radical (unpaired) electrons. The molecule has 5 nitrogen and oxygen atoms in total. The Bertz CT molecular complexity index is 1020. The smallest absolute Gasteiger partial charge is 0.297 e. The number of benzene rings is 3. The summed E-state index contributed by atoms with van der Waals surface area (Å²) in [6.45, 7) is 0. The maximum Gasteiger partial charge on any atom is 0.437 e. The van der Waals surface area contributed by atoms with Gasteiger partial charge in [-0.25, -0.2) is 4.79 Å². The monoisotopic (exact) mass is 412 g/mol. The largest absolute Gasteiger partial charge is 0.437 e. The summed E-state index contributed by atoms with van der Waals surface area (Å²) >= 11 is 11.8. The van der Waals surface area contributed by atoms with Crippen LogP contribution < -0.4 is 5.32 Å². The van der Waals surface area contributed by atoms with E-state index in [1.54, 1.807) is 60.7 Å². The molecule has 7 heteroatoms. The first kappa shape index (κ1) is 19.6. The molecule has 0 unspecified atom stereocenters. The number of nitrogens with zero attached hydrogens (tertiary/aromatic N) is 1. The van der Waals surface area contributed by atoms with Gasteiger partial charge in [0.2, 0.25) is 5.78 Å². The van der Waals surface area contributed by atoms with Crippen molar-refractivity contribution < 1.29 is 14.4 Å². The molecule has 1 amide bonds. The Labute approximate surface area is 171 Å². The van der Waals surface area contributed by atoms with Gasteiger partial charge in [-0.3, -0.25) is 14.9 Å². The van der Waals surface area contributed by atoms with Crippen molar-refractivity contribution in [3.8, 4) is 0 Å². The number of halogens is 2. The van der Waals surface area contributed by atoms with Crippen LogP contribution in [0.2, 0.25) is 10.0 Å². The highest BCUT2D eigenvalue weighted by atomic mass is 35.5. The Morgan fingerprint density at radius 2 is 1.39 bits per heavy atom. The van der Waals surface area contributed by atoms with Crippen LogP contribution in [0.25, 0.3) is 0 Å². The quantitative estimate of drug-likeness (QED) is 0.248. The minimum Gasteiger partial charge on any atom is -0.297 e. The zero-order valence-electron chi connectivity index (χ0n) is 14.4. The third-order valence-corrected chi connectivity index (χ3v) is 4.42. The van der Waals surface area contributed by atoms with E-state index in [2.05, 4.69) is 10.5 Å². The lowest BCUT2D eigenvalue weighted by atomic mass is 10.0. The highest BCUT2D eigenvalue weighted by Gasteiger charge is 2.18. The average molecular weight is 413 g/mol. The summed E-state index contributed by atoms with van der Waals surface area (Å²) in [6, 6.07) is 21.9. The van der Waals surface area contributed by atoms with Gasteiger partial charge in [-0.1, -0.05) is 89.0 Å². The van der Waals surface area contributed by atoms with Crippen molar-refractivity contribution in [2.24, 2.45) is 5.16 Å². The second-order valence-corrected chi connectivity index (χ2v) is 6.45. The van der Waals surface area contributed by atoms with Gasteiger partial charge in [0.05, 0.1) is 10.0 Å². The van der Waals surface area contributed by atoms with Crippen LogP contribution in [0.4, 0.5) is 10.5 Å². The van der Waals surface area contributed by atoms with Crippen LogP contribution >= 0.6 is 23.2 Å². The molecule has 0 saturated carbocycles. The van der Waals surface area contributed by atoms with Gasteiger partial charge in [-0.2, -0.15) is 0 Å². The molecule has 140 valence electrons. The Balaban J connectivity index is 1.81. The zero-order chi connectivity index (χ0) is 19.9. The first-order valence-electron chi connectivity index (χ1n) is 8.21. The second kappa shape index (κ2) is 9.17. The number of hydrogen-bond donors (Lipinski definition) is 1. The first-order valence-corrected chi connectivity index (χ1v) is 8.96. The van der Waals surface area contributed by atoms with E-state index in [9.17, 15) is 9.59 Å². The van der Waals surface area contributed by atoms with E-state index in [1.165, 1.54) is 12.1 Å². The van der Waals surface area contributed by atoms with Gasteiger partial charge in [0.25, 0.3) is 0 Å². The molecule has 3 rings (SSSR count). The summed E-state index contributed by atoms with van der Waals surface area (Å²) in [6.07, 6.45) is -0.868. The molecule has 28 heavy (non-hydrogen) atoms. The molecule has 0 saturated heterocycles. The number of Topliss-reactive ketones (excluding diaryl/α,β-unsaturated/α-hetero) is 1. The van der Waals surface area contributed by atoms with Crippen molar-refractivity contribution in [3.63, 3.8) is 0 Å². The summed E-state index contributed by atoms with van der Waals surface area (Å²) < 4.78 is 0. The van der Waals surface area contributed by atoms with Gasteiger partial charge >= 0.3 is 6.09 Å². The number of rotatable bonds is 5. The SMILES string of the molecule is O=C(Nc1ccc(Cl)c(Cl)c1)O/N=C(\C(=O)c1ccccc1)c1ccccc1. The number of anilines is 1. The lowest BCUT2D eigenvalue weighted by Crippen LogP contribution is -2.19. The van der Waals surface area contributed by atoms with Crippen LogP contribution in [0.3, 0.4) is 0 Å². The van der Waals surface area contributed by atoms with Crippen LogP contribution in [-0.4, -0.2) is 17.6 Å². The van der Waals surface area contributed by atoms with Crippen molar-refractivity contribution >= 4 is 46.5 Å². The molecule has 1 N–H and O–H groups in total. The van der Waals surface area contributed by atoms with Crippen molar-refractivity contribution in [1.29, 1.82) is 0 Å². The van der Waals surface area contributed by atoms with Crippen LogP contribution in [0.5, 0.6) is 0 Å². The van der Waals surface area contributed by atoms with E-state index in [4.69, 9.17) is 28.0 Å². The van der Waals surface area contributed by atoms with Crippen molar-refractivity contribution in [2.75, 3.05) is 5.32 Å². The number of carbonyl (C=O) groups is 2. The average Bonchev–Trinajstić information content (AvgIpc) is 2.72. The third kappa shape index (κ3) is 4.97. The fourth-order valence-corrected chi connectivity index (χ4v) is 2.65. The maximum atomic E-state index is 12.8. The maximum absolute atomic E-state index is 12.8. The van der Waals surface area contributed by atoms with Gasteiger partial charge in [0.1, 0.15) is 0 Å². The van der Waals surface area contributed by atoms with Crippen molar-refractivity contribution in [1.82, 2.24) is 0 Å². The number of carbonyl (C=O) groups excluding carboxylic acids is 2. The number of amides is 1. The first-order chi connectivity index (χ1) is 13.5. The molecular formula is C21H14Cl2N2O3. The highest BCUT2D eigenvalue weighted by molar-refractivity contribution is 6.51. The van der Waals surface area contributed by atoms with Crippen LogP contribution in [-0.2, 0) is 4.84 Å². The molecule has 0 aromatic heterocycles. The molecule has 0 aliphatic carbocycles. The molecule has 0 bridgehead atoms. The fraction of sp³-hybridized carbons (Fsp3) is 0. The van der Waals surface area contributed by atoms with E-state index < -0.39 is 6.09 Å². The molecule has 0 fully saturated rings. The number of oxime groups is 1. The Kier molecular flexibility index (Phi) is 6.42. The minimum absolute atomic E-state index is 0.0103. The minimum atomic E-state index is -0.868. The number of hydrogen-bond acceptors (Lipinski definition) is 4. The predicted octanol–water partition coefficient (Wildman–Crippen LogP) is 5.83. The Morgan fingerprint density at radius 1 is 0.786 bits per heavy atom. The van der Waals surface area contributed by atoms with E-state index in [-0.39, 0.29) is 16.5 Å². The highest BCUT2D eigenvalue weighted by Crippen LogP contribution is 2.25. The van der Waals surface area contributed by atoms with E-state index in [0.29, 0.717) is 21.8 Å². The van der Waals surface area contributed by atoms with Crippen LogP contribution in [0, 0.1) is 0 Å². The summed E-state index contributed by atoms with van der Waals surface area (Å²) in [5, 5.41) is 6.92. The molecule has 0 heterocycles. The van der Waals surface area contributed by atoms with Crippen LogP contribution in [0.15, 0.2) is 84.0 Å². The van der Waals surface area contributed by atoms with E-state index >= 15 is 0 Å². The van der Waals surface area contributed by atoms with Gasteiger partial charge in [0.15, 0.2) is 5.71 Å². The topological polar surface area (TPSA) is 67.8 Å². The predicted molar refractivity (Wildman–Crippen MR) is 110 cm³/mol. The standard InChI is InChI=1S/C21H14Cl2N2O3/c22-17-12-11-16(13-18(17)23)24-21(27)28-25-19(14-7-3-1-4-8-14)20(26)15-9-5-2-6-10-15/h1-13H,(H,24,27)/b25-19-. The fourth-order valence-electron chi connectivity index (χ4n) is 2.35. The zero-order valence-corrected chi connectivity index (χ0v) is 15.9. The molecule has 3 aromatic rings. The molecule has 0 spiro atoms. The third-order valence-electron chi connectivity index (χ3n) is 3.68. The van der Waals surface area contributed by atoms with Crippen molar-refractivity contribution in [3.05, 3.63) is 100 Å². The molecule has 0 aliphatic heterocycles. The van der Waals surface area contributed by atoms with Crippen LogP contribution in [0.1, 0.15) is 15.9 Å². The summed E-state index contributed by atoms with van der Waals surface area (Å²) in [5.74, 6) is -0.367. The summed E-state index contributed by atoms with van der Waals surface area (Å²) in [5.41, 5.74) is 1.35. The number of ketones is 1. The lowest BCUT2D eigenvalue weighted by molar-refractivity contribution is 0.106. The number of nitrogens with one attached hydrogen (secondary N) is 1. The van der Waals surface area contributed by atoms with Gasteiger partial charge in [0, 0.05) is 16.8 Å². The molecular weight excluding hydrogens is 399 g/mol. The summed E-state index contributed by atoms with van der Waals surface area (Å²) in [7, 11) is 0. The van der Waals surface area contributed by atoms with Gasteiger partial charge in [-0.15, -0.1) is 0 Å². The van der Waals surface area contributed by atoms with E-state index in [1.807, 2.05) is 6.07 Å². The molecule has 0 atom stereocenters. The molecule has 3 aromatic carbocycles. The second-order valence-electron chi connectivity index (χ2n) is 5.63. The van der Waals surface area contributed by atoms with Crippen molar-refractivity contribution in [2.45, 2.75) is 0 Å².